The molecule has 272 valence electrons. The Morgan fingerprint density at radius 1 is 0.846 bits per heavy atom. The normalized spacial score (nSPS) is 24.0. The van der Waals surface area contributed by atoms with E-state index in [4.69, 9.17) is 4.74 Å². The van der Waals surface area contributed by atoms with Gasteiger partial charge in [-0.1, -0.05) is 110 Å². The summed E-state index contributed by atoms with van der Waals surface area (Å²) in [5, 5.41) is 3.11. The monoisotopic (exact) mass is 703 g/mol. The summed E-state index contributed by atoms with van der Waals surface area (Å²) >= 11 is 0. The Balaban J connectivity index is 1.17. The Bertz CT molecular complexity index is 1720. The highest BCUT2D eigenvalue weighted by Gasteiger charge is 2.58. The Morgan fingerprint density at radius 3 is 2.15 bits per heavy atom. The summed E-state index contributed by atoms with van der Waals surface area (Å²) < 4.78 is 5.54. The van der Waals surface area contributed by atoms with Gasteiger partial charge in [-0.15, -0.1) is 0 Å². The van der Waals surface area contributed by atoms with Crippen LogP contribution >= 0.6 is 0 Å². The number of hydrogen-bond acceptors (Lipinski definition) is 6. The summed E-state index contributed by atoms with van der Waals surface area (Å²) in [6, 6.07) is 25.9. The second kappa shape index (κ2) is 16.2. The van der Waals surface area contributed by atoms with Crippen molar-refractivity contribution in [1.29, 1.82) is 0 Å². The summed E-state index contributed by atoms with van der Waals surface area (Å²) in [5.41, 5.74) is 2.69. The van der Waals surface area contributed by atoms with Crippen molar-refractivity contribution in [3.63, 3.8) is 0 Å². The molecule has 0 aliphatic carbocycles. The van der Waals surface area contributed by atoms with Gasteiger partial charge in [-0.25, -0.2) is 4.79 Å². The van der Waals surface area contributed by atoms with Gasteiger partial charge in [0.05, 0.1) is 24.5 Å². The van der Waals surface area contributed by atoms with E-state index < -0.39 is 36.2 Å². The maximum atomic E-state index is 14.5. The lowest BCUT2D eigenvalue weighted by molar-refractivity contribution is -0.164. The molecule has 3 aromatic carbocycles. The minimum absolute atomic E-state index is 0.117. The number of ether oxygens (including phenoxy) is 1. The lowest BCUT2D eigenvalue weighted by Crippen LogP contribution is -2.74. The molecule has 5 atom stereocenters. The van der Waals surface area contributed by atoms with Crippen molar-refractivity contribution in [3.05, 3.63) is 114 Å². The van der Waals surface area contributed by atoms with Crippen LogP contribution in [0.2, 0.25) is 0 Å². The molecular weight excluding hydrogens is 654 g/mol. The fourth-order valence-corrected chi connectivity index (χ4v) is 8.31. The molecule has 4 fully saturated rings. The van der Waals surface area contributed by atoms with Gasteiger partial charge in [0.15, 0.2) is 0 Å². The van der Waals surface area contributed by atoms with E-state index in [0.717, 1.165) is 42.6 Å². The van der Waals surface area contributed by atoms with Crippen molar-refractivity contribution in [1.82, 2.24) is 24.9 Å². The molecule has 10 heteroatoms. The molecule has 0 unspecified atom stereocenters. The van der Waals surface area contributed by atoms with Gasteiger partial charge >= 0.3 is 6.09 Å². The van der Waals surface area contributed by atoms with E-state index in [1.54, 1.807) is 0 Å². The number of nitrogens with one attached hydrogen (secondary N) is 1. The Kier molecular flexibility index (Phi) is 11.0. The molecule has 1 N–H and O–H groups in total. The zero-order valence-electron chi connectivity index (χ0n) is 29.9. The number of rotatable bonds is 11. The minimum atomic E-state index is -1.08. The maximum absolute atomic E-state index is 14.5. The average molecular weight is 704 g/mol. The lowest BCUT2D eigenvalue weighted by atomic mass is 9.87. The van der Waals surface area contributed by atoms with Crippen LogP contribution in [-0.4, -0.2) is 100 Å². The highest BCUT2D eigenvalue weighted by Crippen LogP contribution is 2.39. The molecule has 0 aromatic heterocycles. The smallest absolute Gasteiger partial charge is 0.411 e. The van der Waals surface area contributed by atoms with Gasteiger partial charge in [-0.3, -0.25) is 19.3 Å². The second-order valence-corrected chi connectivity index (χ2v) is 14.4. The van der Waals surface area contributed by atoms with Gasteiger partial charge in [0.1, 0.15) is 18.7 Å². The molecule has 4 aliphatic rings. The van der Waals surface area contributed by atoms with Crippen LogP contribution in [-0.2, 0) is 19.1 Å². The van der Waals surface area contributed by atoms with Gasteiger partial charge < -0.3 is 24.8 Å². The standard InChI is InChI=1S/C42H49N5O5/c1-30(32-16-8-3-9-17-32)43-40(49)36(28-38(48)45-26-22-34(23-27-45)44-24-12-5-13-25-44)46-35(21-20-31-14-6-2-7-15-31)39(41(46)50)47-37(29-52-42(47)51)33-18-10-4-11-19-33/h2-4,6-11,14-21,30,34-37,39H,5,12-13,22-29H2,1H3,(H,43,49)/t30-,35-,36-,37-,39+/m1/s1. The molecule has 0 spiro atoms. The number of cyclic esters (lactones) is 1. The number of carbonyl (C=O) groups excluding carboxylic acids is 4. The topological polar surface area (TPSA) is 103 Å². The fourth-order valence-electron chi connectivity index (χ4n) is 8.31. The molecule has 3 aromatic rings. The number of carbonyl (C=O) groups is 4. The number of β-lactam (4-membered cyclic amide) rings is 1. The molecule has 4 aliphatic heterocycles. The van der Waals surface area contributed by atoms with Crippen LogP contribution in [0.3, 0.4) is 0 Å². The van der Waals surface area contributed by atoms with E-state index in [1.807, 2.05) is 115 Å². The lowest BCUT2D eigenvalue weighted by Gasteiger charge is -2.52. The van der Waals surface area contributed by atoms with Crippen LogP contribution in [0.4, 0.5) is 4.79 Å². The molecular formula is C42H49N5O5. The molecule has 4 heterocycles. The first-order valence-corrected chi connectivity index (χ1v) is 18.8. The number of hydrogen-bond donors (Lipinski definition) is 1. The number of likely N-dealkylation sites (tertiary alicyclic amines) is 3. The Morgan fingerprint density at radius 2 is 1.48 bits per heavy atom. The van der Waals surface area contributed by atoms with E-state index in [0.29, 0.717) is 19.1 Å². The van der Waals surface area contributed by atoms with Crippen LogP contribution < -0.4 is 5.32 Å². The van der Waals surface area contributed by atoms with Gasteiger partial charge in [-0.2, -0.15) is 0 Å². The largest absolute Gasteiger partial charge is 0.447 e. The summed E-state index contributed by atoms with van der Waals surface area (Å²) in [7, 11) is 0. The number of benzene rings is 3. The van der Waals surface area contributed by atoms with Crippen molar-refractivity contribution in [2.24, 2.45) is 0 Å². The zero-order chi connectivity index (χ0) is 36.0. The van der Waals surface area contributed by atoms with Gasteiger partial charge in [0.2, 0.25) is 17.7 Å². The summed E-state index contributed by atoms with van der Waals surface area (Å²) in [6.07, 6.45) is 8.60. The molecule has 10 nitrogen and oxygen atoms in total. The summed E-state index contributed by atoms with van der Waals surface area (Å²) in [4.78, 5) is 63.8. The predicted octanol–water partition coefficient (Wildman–Crippen LogP) is 5.59. The van der Waals surface area contributed by atoms with Crippen LogP contribution in [0, 0.1) is 0 Å². The SMILES string of the molecule is C[C@@H](NC(=O)[C@@H](CC(=O)N1CCC(N2CCCCC2)CC1)N1C(=O)[C@@H](N2C(=O)OC[C@@H]2c2ccccc2)[C@H]1C=Cc1ccccc1)c1ccccc1. The summed E-state index contributed by atoms with van der Waals surface area (Å²) in [6.45, 7) is 5.50. The van der Waals surface area contributed by atoms with E-state index >= 15 is 0 Å². The van der Waals surface area contributed by atoms with E-state index in [9.17, 15) is 19.2 Å². The van der Waals surface area contributed by atoms with E-state index in [2.05, 4.69) is 10.2 Å². The van der Waals surface area contributed by atoms with Crippen molar-refractivity contribution >= 4 is 29.9 Å². The second-order valence-electron chi connectivity index (χ2n) is 14.4. The third kappa shape index (κ3) is 7.62. The Hall–Kier alpha value is -4.96. The third-order valence-corrected chi connectivity index (χ3v) is 11.2. The zero-order valence-corrected chi connectivity index (χ0v) is 29.9. The third-order valence-electron chi connectivity index (χ3n) is 11.2. The van der Waals surface area contributed by atoms with Crippen LogP contribution in [0.5, 0.6) is 0 Å². The quantitative estimate of drug-likeness (QED) is 0.262. The van der Waals surface area contributed by atoms with E-state index in [-0.39, 0.29) is 30.9 Å². The van der Waals surface area contributed by atoms with Gasteiger partial charge in [0, 0.05) is 19.1 Å². The van der Waals surface area contributed by atoms with Crippen molar-refractivity contribution < 1.29 is 23.9 Å². The molecule has 0 bridgehead atoms. The fraction of sp³-hybridized carbons (Fsp3) is 0.429. The highest BCUT2D eigenvalue weighted by molar-refractivity contribution is 5.99. The number of nitrogens with zero attached hydrogens (tertiary/aromatic N) is 4. The first-order chi connectivity index (χ1) is 25.4. The number of piperidine rings is 2. The first-order valence-electron chi connectivity index (χ1n) is 18.8. The van der Waals surface area contributed by atoms with Crippen LogP contribution in [0.15, 0.2) is 97.1 Å². The predicted molar refractivity (Wildman–Crippen MR) is 199 cm³/mol. The molecule has 0 saturated carbocycles. The van der Waals surface area contributed by atoms with Crippen molar-refractivity contribution in [2.45, 2.75) is 81.7 Å². The van der Waals surface area contributed by atoms with Crippen molar-refractivity contribution in [3.8, 4) is 0 Å². The average Bonchev–Trinajstić information content (AvgIpc) is 3.57. The maximum Gasteiger partial charge on any atom is 0.411 e. The minimum Gasteiger partial charge on any atom is -0.447 e. The van der Waals surface area contributed by atoms with E-state index in [1.165, 1.54) is 29.1 Å². The number of amides is 4. The first kappa shape index (κ1) is 35.4. The molecule has 7 rings (SSSR count). The van der Waals surface area contributed by atoms with Crippen molar-refractivity contribution in [2.75, 3.05) is 32.8 Å². The van der Waals surface area contributed by atoms with Crippen LogP contribution in [0.1, 0.15) is 74.2 Å². The van der Waals surface area contributed by atoms with Gasteiger partial charge in [-0.05, 0) is 62.4 Å². The highest BCUT2D eigenvalue weighted by atomic mass is 16.6. The Labute approximate surface area is 306 Å². The summed E-state index contributed by atoms with van der Waals surface area (Å²) in [5.74, 6) is -0.928. The molecule has 4 saturated heterocycles. The van der Waals surface area contributed by atoms with Gasteiger partial charge in [0.25, 0.3) is 0 Å². The van der Waals surface area contributed by atoms with Crippen LogP contribution in [0.25, 0.3) is 6.08 Å². The molecule has 52 heavy (non-hydrogen) atoms. The molecule has 0 radical (unpaired) electrons. The molecule has 4 amide bonds.